The summed E-state index contributed by atoms with van der Waals surface area (Å²) in [7, 11) is 0. The van der Waals surface area contributed by atoms with E-state index < -0.39 is 0 Å². The highest BCUT2D eigenvalue weighted by Crippen LogP contribution is 2.17. The Hall–Kier alpha value is -1.36. The number of piperazine rings is 1. The molecule has 0 saturated carbocycles. The largest absolute Gasteiger partial charge is 0.340 e. The molecule has 1 fully saturated rings. The van der Waals surface area contributed by atoms with Gasteiger partial charge < -0.3 is 10.2 Å². The number of fused-ring (bicyclic) bond motifs is 1. The first kappa shape index (κ1) is 9.84. The van der Waals surface area contributed by atoms with Crippen molar-refractivity contribution < 1.29 is 4.57 Å². The van der Waals surface area contributed by atoms with Crippen molar-refractivity contribution in [3.8, 4) is 0 Å². The van der Waals surface area contributed by atoms with Gasteiger partial charge in [0.05, 0.1) is 6.07 Å². The van der Waals surface area contributed by atoms with E-state index in [1.165, 1.54) is 5.82 Å². The van der Waals surface area contributed by atoms with Gasteiger partial charge in [-0.15, -0.1) is 0 Å². The molecule has 0 unspecified atom stereocenters. The van der Waals surface area contributed by atoms with E-state index >= 15 is 0 Å². The number of rotatable bonds is 1. The summed E-state index contributed by atoms with van der Waals surface area (Å²) in [5.41, 5.74) is 0. The summed E-state index contributed by atoms with van der Waals surface area (Å²) in [5.74, 6) is 2.28. The zero-order valence-corrected chi connectivity index (χ0v) is 9.61. The van der Waals surface area contributed by atoms with Crippen LogP contribution in [0, 0.1) is 0 Å². The first-order chi connectivity index (χ1) is 7.83. The highest BCUT2D eigenvalue weighted by atomic mass is 15.3. The van der Waals surface area contributed by atoms with Crippen molar-refractivity contribution in [1.82, 2.24) is 10.3 Å². The van der Waals surface area contributed by atoms with Crippen LogP contribution in [0.5, 0.6) is 0 Å². The van der Waals surface area contributed by atoms with Crippen LogP contribution >= 0.6 is 0 Å². The lowest BCUT2D eigenvalue weighted by molar-refractivity contribution is -0.676. The molecule has 2 aliphatic heterocycles. The van der Waals surface area contributed by atoms with E-state index in [0.717, 1.165) is 38.5 Å². The molecule has 0 aromatic carbocycles. The molecular formula is C11H18N5+. The smallest absolute Gasteiger partial charge is 0.228 e. The van der Waals surface area contributed by atoms with Gasteiger partial charge in [0, 0.05) is 26.2 Å². The molecule has 5 nitrogen and oxygen atoms in total. The second-order valence-electron chi connectivity index (χ2n) is 4.57. The zero-order valence-electron chi connectivity index (χ0n) is 9.61. The van der Waals surface area contributed by atoms with E-state index in [1.807, 2.05) is 6.33 Å². The molecule has 3 heterocycles. The molecule has 5 heteroatoms. The van der Waals surface area contributed by atoms with Crippen LogP contribution in [-0.4, -0.2) is 37.2 Å². The van der Waals surface area contributed by atoms with E-state index in [4.69, 9.17) is 0 Å². The van der Waals surface area contributed by atoms with Crippen molar-refractivity contribution >= 4 is 11.6 Å². The first-order valence-corrected chi connectivity index (χ1v) is 5.94. The van der Waals surface area contributed by atoms with E-state index in [1.54, 1.807) is 0 Å². The number of anilines is 2. The standard InChI is InChI=1S/C11H17N5/c1-9-7-16-8-13-10(6-11(16)14-9)15-4-2-12-3-5-15/h6,8-9,12H,2-5,7H2,1H3/p+1/t9-/m0/s1. The number of nitrogens with one attached hydrogen (secondary N) is 2. The molecule has 1 aromatic rings. The second kappa shape index (κ2) is 3.90. The minimum atomic E-state index is 0.514. The lowest BCUT2D eigenvalue weighted by Gasteiger charge is -2.26. The van der Waals surface area contributed by atoms with E-state index in [0.29, 0.717) is 6.04 Å². The summed E-state index contributed by atoms with van der Waals surface area (Å²) in [5, 5.41) is 6.81. The van der Waals surface area contributed by atoms with Crippen LogP contribution in [0.15, 0.2) is 12.4 Å². The van der Waals surface area contributed by atoms with E-state index in [-0.39, 0.29) is 0 Å². The van der Waals surface area contributed by atoms with Gasteiger partial charge in [0.2, 0.25) is 18.0 Å². The van der Waals surface area contributed by atoms with Crippen LogP contribution in [0.1, 0.15) is 6.92 Å². The number of hydrogen-bond acceptors (Lipinski definition) is 4. The van der Waals surface area contributed by atoms with Crippen molar-refractivity contribution in [3.05, 3.63) is 12.4 Å². The van der Waals surface area contributed by atoms with Crippen molar-refractivity contribution in [1.29, 1.82) is 0 Å². The summed E-state index contributed by atoms with van der Waals surface area (Å²) < 4.78 is 2.18. The lowest BCUT2D eigenvalue weighted by atomic mass is 10.3. The minimum Gasteiger partial charge on any atom is -0.340 e. The fraction of sp³-hybridized carbons (Fsp3) is 0.636. The van der Waals surface area contributed by atoms with Gasteiger partial charge >= 0.3 is 0 Å². The third kappa shape index (κ3) is 1.71. The van der Waals surface area contributed by atoms with Crippen LogP contribution in [0.4, 0.5) is 11.6 Å². The average Bonchev–Trinajstić information content (AvgIpc) is 2.69. The van der Waals surface area contributed by atoms with Crippen molar-refractivity contribution in [2.75, 3.05) is 36.4 Å². The van der Waals surface area contributed by atoms with Gasteiger partial charge in [-0.1, -0.05) is 4.98 Å². The maximum Gasteiger partial charge on any atom is 0.228 e. The van der Waals surface area contributed by atoms with Crippen LogP contribution < -0.4 is 20.1 Å². The molecule has 0 bridgehead atoms. The fourth-order valence-electron chi connectivity index (χ4n) is 2.36. The summed E-state index contributed by atoms with van der Waals surface area (Å²) in [4.78, 5) is 6.86. The molecule has 3 rings (SSSR count). The number of hydrogen-bond donors (Lipinski definition) is 2. The highest BCUT2D eigenvalue weighted by Gasteiger charge is 2.24. The van der Waals surface area contributed by atoms with Gasteiger partial charge in [-0.2, -0.15) is 0 Å². The van der Waals surface area contributed by atoms with Gasteiger partial charge in [-0.05, 0) is 6.92 Å². The molecule has 0 spiro atoms. The molecule has 2 aliphatic rings. The molecule has 0 amide bonds. The summed E-state index contributed by atoms with van der Waals surface area (Å²) in [6, 6.07) is 2.68. The zero-order chi connectivity index (χ0) is 11.0. The Labute approximate surface area is 95.5 Å². The minimum absolute atomic E-state index is 0.514. The molecule has 0 radical (unpaired) electrons. The maximum absolute atomic E-state index is 4.53. The quantitative estimate of drug-likeness (QED) is 0.632. The molecule has 16 heavy (non-hydrogen) atoms. The fourth-order valence-corrected chi connectivity index (χ4v) is 2.36. The van der Waals surface area contributed by atoms with E-state index in [9.17, 15) is 0 Å². The van der Waals surface area contributed by atoms with Gasteiger partial charge in [-0.3, -0.25) is 5.32 Å². The first-order valence-electron chi connectivity index (χ1n) is 5.94. The third-order valence-electron chi connectivity index (χ3n) is 3.21. The Morgan fingerprint density at radius 2 is 2.25 bits per heavy atom. The van der Waals surface area contributed by atoms with Gasteiger partial charge in [0.25, 0.3) is 0 Å². The molecular weight excluding hydrogens is 202 g/mol. The Balaban J connectivity index is 1.84. The predicted molar refractivity (Wildman–Crippen MR) is 62.6 cm³/mol. The maximum atomic E-state index is 4.53. The van der Waals surface area contributed by atoms with Crippen LogP contribution in [0.25, 0.3) is 0 Å². The second-order valence-corrected chi connectivity index (χ2v) is 4.57. The van der Waals surface area contributed by atoms with Crippen molar-refractivity contribution in [2.24, 2.45) is 0 Å². The summed E-state index contributed by atoms with van der Waals surface area (Å²) in [6.45, 7) is 7.41. The molecule has 2 N–H and O–H groups in total. The highest BCUT2D eigenvalue weighted by molar-refractivity contribution is 5.47. The van der Waals surface area contributed by atoms with Gasteiger partial charge in [0.15, 0.2) is 0 Å². The molecule has 1 aromatic heterocycles. The summed E-state index contributed by atoms with van der Waals surface area (Å²) in [6.07, 6.45) is 1.95. The Morgan fingerprint density at radius 3 is 3.06 bits per heavy atom. The molecule has 1 saturated heterocycles. The van der Waals surface area contributed by atoms with Gasteiger partial charge in [-0.25, -0.2) is 4.57 Å². The molecule has 86 valence electrons. The molecule has 0 aliphatic carbocycles. The normalized spacial score (nSPS) is 24.1. The monoisotopic (exact) mass is 220 g/mol. The third-order valence-corrected chi connectivity index (χ3v) is 3.21. The number of nitrogens with zero attached hydrogens (tertiary/aromatic N) is 3. The van der Waals surface area contributed by atoms with Crippen LogP contribution in [0.3, 0.4) is 0 Å². The van der Waals surface area contributed by atoms with Crippen LogP contribution in [-0.2, 0) is 6.54 Å². The van der Waals surface area contributed by atoms with E-state index in [2.05, 4.69) is 38.1 Å². The average molecular weight is 220 g/mol. The topological polar surface area (TPSA) is 44.1 Å². The van der Waals surface area contributed by atoms with Crippen molar-refractivity contribution in [2.45, 2.75) is 19.5 Å². The Bertz CT molecular complexity index is 386. The van der Waals surface area contributed by atoms with Crippen LogP contribution in [0.2, 0.25) is 0 Å². The predicted octanol–water partition coefficient (Wildman–Crippen LogP) is -0.407. The van der Waals surface area contributed by atoms with Crippen molar-refractivity contribution in [3.63, 3.8) is 0 Å². The number of aromatic nitrogens is 2. The summed E-state index contributed by atoms with van der Waals surface area (Å²) >= 11 is 0. The SMILES string of the molecule is C[C@H]1C[n+]2cnc(N3CCNCC3)cc2N1. The lowest BCUT2D eigenvalue weighted by Crippen LogP contribution is -2.44. The van der Waals surface area contributed by atoms with Gasteiger partial charge in [0.1, 0.15) is 12.6 Å². The Kier molecular flexibility index (Phi) is 2.40. The molecule has 1 atom stereocenters. The Morgan fingerprint density at radius 1 is 1.44 bits per heavy atom.